The highest BCUT2D eigenvalue weighted by Crippen LogP contribution is 2.21. The molecule has 1 aromatic heterocycles. The highest BCUT2D eigenvalue weighted by molar-refractivity contribution is 7.99. The molecule has 0 bridgehead atoms. The summed E-state index contributed by atoms with van der Waals surface area (Å²) < 4.78 is 0. The molecule has 0 atom stereocenters. The molecule has 0 aromatic carbocycles. The van der Waals surface area contributed by atoms with Gasteiger partial charge in [0.1, 0.15) is 5.69 Å². The summed E-state index contributed by atoms with van der Waals surface area (Å²) in [6.07, 6.45) is 1.59. The molecule has 1 heterocycles. The third kappa shape index (κ3) is 3.06. The van der Waals surface area contributed by atoms with Crippen LogP contribution >= 0.6 is 11.8 Å². The fraction of sp³-hybridized carbons (Fsp3) is 0.333. The van der Waals surface area contributed by atoms with Gasteiger partial charge in [0.05, 0.1) is 0 Å². The predicted octanol–water partition coefficient (Wildman–Crippen LogP) is 2.28. The van der Waals surface area contributed by atoms with Gasteiger partial charge in [-0.3, -0.25) is 0 Å². The molecule has 0 aliphatic rings. The topological polar surface area (TPSA) is 50.2 Å². The molecule has 70 valence electrons. The number of carboxylic acid groups (broad SMARTS) is 1. The summed E-state index contributed by atoms with van der Waals surface area (Å²) in [7, 11) is 0. The maximum Gasteiger partial charge on any atom is 0.354 e. The summed E-state index contributed by atoms with van der Waals surface area (Å²) in [6, 6.07) is 3.30. The second kappa shape index (κ2) is 4.28. The highest BCUT2D eigenvalue weighted by atomic mass is 32.2. The second-order valence-corrected chi connectivity index (χ2v) is 4.50. The molecule has 0 aliphatic carbocycles. The minimum Gasteiger partial charge on any atom is -0.477 e. The Hall–Kier alpha value is -1.03. The van der Waals surface area contributed by atoms with Crippen LogP contribution in [0.3, 0.4) is 0 Å². The summed E-state index contributed by atoms with van der Waals surface area (Å²) in [5, 5.41) is 9.07. The molecule has 0 radical (unpaired) electrons. The van der Waals surface area contributed by atoms with E-state index in [2.05, 4.69) is 18.8 Å². The molecule has 0 saturated heterocycles. The van der Waals surface area contributed by atoms with Crippen LogP contribution in [-0.2, 0) is 0 Å². The summed E-state index contributed by atoms with van der Waals surface area (Å²) in [4.78, 5) is 15.3. The SMILES string of the molecule is CC(C)Sc1ccc(C(=O)O)nc1. The number of hydrogen-bond acceptors (Lipinski definition) is 3. The van der Waals surface area contributed by atoms with Crippen molar-refractivity contribution in [3.63, 3.8) is 0 Å². The van der Waals surface area contributed by atoms with E-state index in [0.29, 0.717) is 5.25 Å². The van der Waals surface area contributed by atoms with Crippen molar-refractivity contribution < 1.29 is 9.90 Å². The maximum absolute atomic E-state index is 10.5. The van der Waals surface area contributed by atoms with Crippen LogP contribution in [0, 0.1) is 0 Å². The standard InChI is InChI=1S/C9H11NO2S/c1-6(2)13-7-3-4-8(9(11)12)10-5-7/h3-6H,1-2H3,(H,11,12). The summed E-state index contributed by atoms with van der Waals surface area (Å²) in [5.41, 5.74) is 0.0908. The number of carbonyl (C=O) groups is 1. The zero-order valence-electron chi connectivity index (χ0n) is 7.52. The average Bonchev–Trinajstić information content (AvgIpc) is 2.04. The number of aromatic nitrogens is 1. The lowest BCUT2D eigenvalue weighted by atomic mass is 10.4. The molecule has 1 aromatic rings. The van der Waals surface area contributed by atoms with Gasteiger partial charge in [0.25, 0.3) is 0 Å². The molecular weight excluding hydrogens is 186 g/mol. The number of hydrogen-bond donors (Lipinski definition) is 1. The quantitative estimate of drug-likeness (QED) is 0.755. The van der Waals surface area contributed by atoms with Crippen molar-refractivity contribution in [2.24, 2.45) is 0 Å². The number of carboxylic acids is 1. The molecular formula is C9H11NO2S. The van der Waals surface area contributed by atoms with E-state index >= 15 is 0 Å². The molecule has 0 fully saturated rings. The van der Waals surface area contributed by atoms with E-state index in [4.69, 9.17) is 5.11 Å². The fourth-order valence-electron chi connectivity index (χ4n) is 0.849. The third-order valence-electron chi connectivity index (χ3n) is 1.33. The molecule has 0 amide bonds. The largest absolute Gasteiger partial charge is 0.477 e. The van der Waals surface area contributed by atoms with E-state index in [1.54, 1.807) is 24.0 Å². The fourth-order valence-corrected chi connectivity index (χ4v) is 1.65. The van der Waals surface area contributed by atoms with Crippen LogP contribution in [0.4, 0.5) is 0 Å². The Morgan fingerprint density at radius 3 is 2.62 bits per heavy atom. The first-order valence-electron chi connectivity index (χ1n) is 3.95. The van der Waals surface area contributed by atoms with Crippen LogP contribution < -0.4 is 0 Å². The lowest BCUT2D eigenvalue weighted by molar-refractivity contribution is 0.0690. The number of nitrogens with zero attached hydrogens (tertiary/aromatic N) is 1. The molecule has 0 spiro atoms. The Balaban J connectivity index is 2.75. The summed E-state index contributed by atoms with van der Waals surface area (Å²) >= 11 is 1.66. The van der Waals surface area contributed by atoms with Crippen molar-refractivity contribution >= 4 is 17.7 Å². The van der Waals surface area contributed by atoms with E-state index < -0.39 is 5.97 Å². The van der Waals surface area contributed by atoms with Gasteiger partial charge in [-0.05, 0) is 12.1 Å². The molecule has 13 heavy (non-hydrogen) atoms. The smallest absolute Gasteiger partial charge is 0.354 e. The van der Waals surface area contributed by atoms with Crippen molar-refractivity contribution in [1.29, 1.82) is 0 Å². The molecule has 0 saturated carbocycles. The Labute approximate surface area is 81.2 Å². The van der Waals surface area contributed by atoms with Crippen molar-refractivity contribution in [3.05, 3.63) is 24.0 Å². The number of aromatic carboxylic acids is 1. The molecule has 0 aliphatic heterocycles. The zero-order valence-corrected chi connectivity index (χ0v) is 8.34. The van der Waals surface area contributed by atoms with E-state index in [9.17, 15) is 4.79 Å². The van der Waals surface area contributed by atoms with Crippen molar-refractivity contribution in [1.82, 2.24) is 4.98 Å². The molecule has 4 heteroatoms. The van der Waals surface area contributed by atoms with Gasteiger partial charge in [-0.2, -0.15) is 0 Å². The summed E-state index contributed by atoms with van der Waals surface area (Å²) in [5.74, 6) is -0.985. The Bertz CT molecular complexity index is 295. The van der Waals surface area contributed by atoms with E-state index in [-0.39, 0.29) is 5.69 Å². The maximum atomic E-state index is 10.5. The van der Waals surface area contributed by atoms with Crippen LogP contribution in [0.25, 0.3) is 0 Å². The molecule has 3 nitrogen and oxygen atoms in total. The Kier molecular flexibility index (Phi) is 3.31. The first-order valence-corrected chi connectivity index (χ1v) is 4.83. The van der Waals surface area contributed by atoms with Crippen LogP contribution in [0.1, 0.15) is 24.3 Å². The number of pyridine rings is 1. The minimum absolute atomic E-state index is 0.0908. The van der Waals surface area contributed by atoms with Gasteiger partial charge in [0.2, 0.25) is 0 Å². The van der Waals surface area contributed by atoms with Crippen LogP contribution in [0.15, 0.2) is 23.2 Å². The van der Waals surface area contributed by atoms with Crippen LogP contribution in [-0.4, -0.2) is 21.3 Å². The number of thioether (sulfide) groups is 1. The normalized spacial score (nSPS) is 10.4. The van der Waals surface area contributed by atoms with E-state index in [1.165, 1.54) is 6.07 Å². The van der Waals surface area contributed by atoms with E-state index in [1.807, 2.05) is 0 Å². The monoisotopic (exact) mass is 197 g/mol. The van der Waals surface area contributed by atoms with Gasteiger partial charge in [0, 0.05) is 16.3 Å². The van der Waals surface area contributed by atoms with Gasteiger partial charge in [-0.15, -0.1) is 11.8 Å². The van der Waals surface area contributed by atoms with Crippen molar-refractivity contribution in [2.45, 2.75) is 24.0 Å². The summed E-state index contributed by atoms with van der Waals surface area (Å²) in [6.45, 7) is 4.16. The highest BCUT2D eigenvalue weighted by Gasteiger charge is 2.04. The van der Waals surface area contributed by atoms with E-state index in [0.717, 1.165) is 4.90 Å². The van der Waals surface area contributed by atoms with Crippen LogP contribution in [0.2, 0.25) is 0 Å². The van der Waals surface area contributed by atoms with Gasteiger partial charge in [0.15, 0.2) is 0 Å². The van der Waals surface area contributed by atoms with Gasteiger partial charge >= 0.3 is 5.97 Å². The van der Waals surface area contributed by atoms with Crippen molar-refractivity contribution in [3.8, 4) is 0 Å². The van der Waals surface area contributed by atoms with Gasteiger partial charge in [-0.25, -0.2) is 9.78 Å². The number of rotatable bonds is 3. The van der Waals surface area contributed by atoms with Gasteiger partial charge < -0.3 is 5.11 Å². The lowest BCUT2D eigenvalue weighted by Crippen LogP contribution is -1.99. The molecule has 1 rings (SSSR count). The third-order valence-corrected chi connectivity index (χ3v) is 2.31. The Morgan fingerprint density at radius 1 is 1.54 bits per heavy atom. The minimum atomic E-state index is -0.985. The predicted molar refractivity (Wildman–Crippen MR) is 52.2 cm³/mol. The first kappa shape index (κ1) is 10.1. The van der Waals surface area contributed by atoms with Gasteiger partial charge in [-0.1, -0.05) is 13.8 Å². The first-order chi connectivity index (χ1) is 6.09. The Morgan fingerprint density at radius 2 is 2.23 bits per heavy atom. The zero-order chi connectivity index (χ0) is 9.84. The molecule has 1 N–H and O–H groups in total. The van der Waals surface area contributed by atoms with Crippen molar-refractivity contribution in [2.75, 3.05) is 0 Å². The average molecular weight is 197 g/mol. The molecule has 0 unspecified atom stereocenters. The van der Waals surface area contributed by atoms with Crippen LogP contribution in [0.5, 0.6) is 0 Å². The second-order valence-electron chi connectivity index (χ2n) is 2.85. The lowest BCUT2D eigenvalue weighted by Gasteiger charge is -2.03.